The summed E-state index contributed by atoms with van der Waals surface area (Å²) in [5, 5.41) is 13.6. The molecule has 0 radical (unpaired) electrons. The molecule has 0 atom stereocenters. The molecule has 1 N–H and O–H groups in total. The second kappa shape index (κ2) is 4.40. The predicted molar refractivity (Wildman–Crippen MR) is 70.8 cm³/mol. The quantitative estimate of drug-likeness (QED) is 0.794. The molecule has 0 saturated heterocycles. The van der Waals surface area contributed by atoms with Gasteiger partial charge in [0.05, 0.1) is 18.2 Å². The largest absolute Gasteiger partial charge is 0.497 e. The molecule has 0 amide bonds. The molecule has 5 nitrogen and oxygen atoms in total. The summed E-state index contributed by atoms with van der Waals surface area (Å²) < 4.78 is 11.2. The van der Waals surface area contributed by atoms with Gasteiger partial charge in [-0.25, -0.2) is 4.79 Å². The molecular weight excluding hydrogens is 266 g/mol. The van der Waals surface area contributed by atoms with Gasteiger partial charge in [-0.3, -0.25) is 0 Å². The lowest BCUT2D eigenvalue weighted by Crippen LogP contribution is -1.94. The number of thiophene rings is 1. The Hall–Kier alpha value is -2.34. The molecule has 0 bridgehead atoms. The first-order valence-electron chi connectivity index (χ1n) is 5.45. The number of methoxy groups -OCH3 is 1. The van der Waals surface area contributed by atoms with Crippen molar-refractivity contribution in [1.29, 1.82) is 0 Å². The lowest BCUT2D eigenvalue weighted by molar-refractivity contribution is 0.0697. The maximum Gasteiger partial charge on any atom is 0.341 e. The van der Waals surface area contributed by atoms with Crippen LogP contribution in [0.2, 0.25) is 0 Å². The van der Waals surface area contributed by atoms with Gasteiger partial charge >= 0.3 is 5.97 Å². The van der Waals surface area contributed by atoms with Gasteiger partial charge in [-0.1, -0.05) is 5.16 Å². The highest BCUT2D eigenvalue weighted by atomic mass is 32.1. The van der Waals surface area contributed by atoms with Gasteiger partial charge < -0.3 is 14.4 Å². The highest BCUT2D eigenvalue weighted by Crippen LogP contribution is 2.36. The van der Waals surface area contributed by atoms with Gasteiger partial charge in [-0.15, -0.1) is 11.3 Å². The SMILES string of the molecule is COc1ccc2cc(-c3oncc3C(=O)O)sc2c1. The van der Waals surface area contributed by atoms with Gasteiger partial charge in [0, 0.05) is 4.70 Å². The summed E-state index contributed by atoms with van der Waals surface area (Å²) in [4.78, 5) is 11.8. The highest BCUT2D eigenvalue weighted by molar-refractivity contribution is 7.22. The topological polar surface area (TPSA) is 72.6 Å². The van der Waals surface area contributed by atoms with Crippen molar-refractivity contribution in [3.05, 3.63) is 36.0 Å². The molecule has 1 aromatic carbocycles. The third-order valence-electron chi connectivity index (χ3n) is 2.75. The fourth-order valence-corrected chi connectivity index (χ4v) is 2.90. The first kappa shape index (κ1) is 11.7. The summed E-state index contributed by atoms with van der Waals surface area (Å²) in [6.07, 6.45) is 1.21. The fourth-order valence-electron chi connectivity index (χ4n) is 1.82. The maximum atomic E-state index is 11.1. The lowest BCUT2D eigenvalue weighted by atomic mass is 10.2. The molecule has 0 aliphatic heterocycles. The van der Waals surface area contributed by atoms with Gasteiger partial charge in [0.2, 0.25) is 0 Å². The normalized spacial score (nSPS) is 10.8. The predicted octanol–water partition coefficient (Wildman–Crippen LogP) is 3.26. The third-order valence-corrected chi connectivity index (χ3v) is 3.85. The Kier molecular flexibility index (Phi) is 2.72. The van der Waals surface area contributed by atoms with Crippen LogP contribution in [0.15, 0.2) is 35.0 Å². The Bertz CT molecular complexity index is 759. The number of carboxylic acid groups (broad SMARTS) is 1. The van der Waals surface area contributed by atoms with Crippen molar-refractivity contribution >= 4 is 27.4 Å². The fraction of sp³-hybridized carbons (Fsp3) is 0.0769. The molecule has 19 heavy (non-hydrogen) atoms. The molecule has 3 rings (SSSR count). The molecule has 2 aromatic heterocycles. The molecule has 96 valence electrons. The van der Waals surface area contributed by atoms with Crippen LogP contribution in [0.4, 0.5) is 0 Å². The zero-order chi connectivity index (χ0) is 13.4. The van der Waals surface area contributed by atoms with Crippen LogP contribution >= 0.6 is 11.3 Å². The van der Waals surface area contributed by atoms with E-state index in [0.717, 1.165) is 20.7 Å². The maximum absolute atomic E-state index is 11.1. The Morgan fingerprint density at radius 2 is 2.26 bits per heavy atom. The second-order valence-electron chi connectivity index (χ2n) is 3.89. The summed E-state index contributed by atoms with van der Waals surface area (Å²) in [6.45, 7) is 0. The first-order valence-corrected chi connectivity index (χ1v) is 6.26. The van der Waals surface area contributed by atoms with E-state index < -0.39 is 5.97 Å². The number of carboxylic acids is 1. The van der Waals surface area contributed by atoms with Gasteiger partial charge in [-0.05, 0) is 29.7 Å². The van der Waals surface area contributed by atoms with E-state index in [9.17, 15) is 4.79 Å². The zero-order valence-electron chi connectivity index (χ0n) is 9.91. The number of aromatic carboxylic acids is 1. The van der Waals surface area contributed by atoms with Crippen LogP contribution in [0.5, 0.6) is 5.75 Å². The summed E-state index contributed by atoms with van der Waals surface area (Å²) in [7, 11) is 1.61. The zero-order valence-corrected chi connectivity index (χ0v) is 10.7. The van der Waals surface area contributed by atoms with Crippen molar-refractivity contribution in [3.8, 4) is 16.4 Å². The average Bonchev–Trinajstić information content (AvgIpc) is 3.03. The summed E-state index contributed by atoms with van der Waals surface area (Å²) >= 11 is 1.44. The first-order chi connectivity index (χ1) is 9.19. The molecule has 0 aliphatic carbocycles. The number of benzene rings is 1. The van der Waals surface area contributed by atoms with Crippen molar-refractivity contribution in [2.45, 2.75) is 0 Å². The molecular formula is C13H9NO4S. The molecule has 0 aliphatic rings. The van der Waals surface area contributed by atoms with Crippen LogP contribution in [-0.2, 0) is 0 Å². The summed E-state index contributed by atoms with van der Waals surface area (Å²) in [6, 6.07) is 7.56. The Morgan fingerprint density at radius 1 is 1.42 bits per heavy atom. The van der Waals surface area contributed by atoms with E-state index in [1.807, 2.05) is 24.3 Å². The molecule has 0 unspecified atom stereocenters. The van der Waals surface area contributed by atoms with Crippen LogP contribution in [0.3, 0.4) is 0 Å². The Balaban J connectivity index is 2.15. The van der Waals surface area contributed by atoms with Gasteiger partial charge in [0.25, 0.3) is 0 Å². The van der Waals surface area contributed by atoms with E-state index >= 15 is 0 Å². The Labute approximate surface area is 112 Å². The van der Waals surface area contributed by atoms with Crippen LogP contribution in [0, 0.1) is 0 Å². The highest BCUT2D eigenvalue weighted by Gasteiger charge is 2.18. The van der Waals surface area contributed by atoms with Crippen molar-refractivity contribution in [2.75, 3.05) is 7.11 Å². The molecule has 3 aromatic rings. The van der Waals surface area contributed by atoms with Crippen LogP contribution in [0.25, 0.3) is 20.7 Å². The summed E-state index contributed by atoms with van der Waals surface area (Å²) in [5.74, 6) is -0.00381. The molecule has 0 spiro atoms. The van der Waals surface area contributed by atoms with Gasteiger partial charge in [-0.2, -0.15) is 0 Å². The van der Waals surface area contributed by atoms with E-state index in [1.165, 1.54) is 17.5 Å². The Morgan fingerprint density at radius 3 is 3.00 bits per heavy atom. The van der Waals surface area contributed by atoms with E-state index in [0.29, 0.717) is 0 Å². The molecule has 2 heterocycles. The van der Waals surface area contributed by atoms with E-state index in [1.54, 1.807) is 7.11 Å². The number of hydrogen-bond donors (Lipinski definition) is 1. The van der Waals surface area contributed by atoms with Crippen molar-refractivity contribution in [1.82, 2.24) is 5.16 Å². The molecule has 6 heteroatoms. The second-order valence-corrected chi connectivity index (χ2v) is 4.97. The number of carbonyl (C=O) groups is 1. The van der Waals surface area contributed by atoms with Crippen molar-refractivity contribution in [3.63, 3.8) is 0 Å². The number of ether oxygens (including phenoxy) is 1. The number of aromatic nitrogens is 1. The lowest BCUT2D eigenvalue weighted by Gasteiger charge is -1.97. The van der Waals surface area contributed by atoms with Crippen LogP contribution in [-0.4, -0.2) is 23.3 Å². The van der Waals surface area contributed by atoms with E-state index in [-0.39, 0.29) is 11.3 Å². The van der Waals surface area contributed by atoms with Gasteiger partial charge in [0.15, 0.2) is 5.76 Å². The minimum Gasteiger partial charge on any atom is -0.497 e. The number of nitrogens with zero attached hydrogens (tertiary/aromatic N) is 1. The smallest absolute Gasteiger partial charge is 0.341 e. The van der Waals surface area contributed by atoms with Crippen molar-refractivity contribution < 1.29 is 19.2 Å². The molecule has 0 saturated carbocycles. The number of rotatable bonds is 3. The number of fused-ring (bicyclic) bond motifs is 1. The average molecular weight is 275 g/mol. The van der Waals surface area contributed by atoms with E-state index in [4.69, 9.17) is 14.4 Å². The standard InChI is InChI=1S/C13H9NO4S/c1-17-8-3-2-7-4-11(19-10(7)5-8)12-9(13(15)16)6-14-18-12/h2-6H,1H3,(H,15,16). The van der Waals surface area contributed by atoms with E-state index in [2.05, 4.69) is 5.16 Å². The summed E-state index contributed by atoms with van der Waals surface area (Å²) in [5.41, 5.74) is 0.0681. The number of hydrogen-bond acceptors (Lipinski definition) is 5. The van der Waals surface area contributed by atoms with Crippen LogP contribution in [0.1, 0.15) is 10.4 Å². The van der Waals surface area contributed by atoms with Crippen LogP contribution < -0.4 is 4.74 Å². The minimum absolute atomic E-state index is 0.0681. The van der Waals surface area contributed by atoms with Crippen molar-refractivity contribution in [2.24, 2.45) is 0 Å². The van der Waals surface area contributed by atoms with Gasteiger partial charge in [0.1, 0.15) is 11.3 Å². The molecule has 0 fully saturated rings. The monoisotopic (exact) mass is 275 g/mol. The minimum atomic E-state index is -1.05. The third kappa shape index (κ3) is 1.96.